The second-order valence-corrected chi connectivity index (χ2v) is 6.16. The van der Waals surface area contributed by atoms with Gasteiger partial charge in [-0.2, -0.15) is 0 Å². The van der Waals surface area contributed by atoms with Crippen molar-refractivity contribution < 1.29 is 9.21 Å². The lowest BCUT2D eigenvalue weighted by atomic mass is 10.2. The number of aromatic nitrogens is 1. The summed E-state index contributed by atoms with van der Waals surface area (Å²) < 4.78 is 5.69. The number of nitrogens with zero attached hydrogens (tertiary/aromatic N) is 1. The standard InChI is InChI=1S/C17H20ClN3O2/c18-13-5-3-12(4-6-13)15-11-21-17(23-15)8-7-16(22)20-10-14-2-1-9-19-14/h3-6,11,14,19H,1-2,7-10H2,(H,20,22). The molecule has 2 aromatic rings. The van der Waals surface area contributed by atoms with E-state index in [-0.39, 0.29) is 5.91 Å². The van der Waals surface area contributed by atoms with Gasteiger partial charge in [-0.3, -0.25) is 4.79 Å². The summed E-state index contributed by atoms with van der Waals surface area (Å²) in [5.74, 6) is 1.29. The largest absolute Gasteiger partial charge is 0.441 e. The van der Waals surface area contributed by atoms with Crippen molar-refractivity contribution in [3.63, 3.8) is 0 Å². The van der Waals surface area contributed by atoms with Crippen LogP contribution in [0.1, 0.15) is 25.2 Å². The zero-order valence-electron chi connectivity index (χ0n) is 12.8. The van der Waals surface area contributed by atoms with Crippen molar-refractivity contribution in [2.45, 2.75) is 31.7 Å². The van der Waals surface area contributed by atoms with Crippen LogP contribution in [0.25, 0.3) is 11.3 Å². The fraction of sp³-hybridized carbons (Fsp3) is 0.412. The number of carbonyl (C=O) groups is 1. The van der Waals surface area contributed by atoms with Gasteiger partial charge in [0, 0.05) is 36.0 Å². The number of oxazole rings is 1. The molecule has 1 amide bonds. The van der Waals surface area contributed by atoms with E-state index in [0.717, 1.165) is 18.5 Å². The lowest BCUT2D eigenvalue weighted by molar-refractivity contribution is -0.121. The van der Waals surface area contributed by atoms with Gasteiger partial charge in [-0.25, -0.2) is 4.98 Å². The van der Waals surface area contributed by atoms with Gasteiger partial charge in [-0.1, -0.05) is 11.6 Å². The summed E-state index contributed by atoms with van der Waals surface area (Å²) in [5, 5.41) is 6.99. The van der Waals surface area contributed by atoms with E-state index in [1.54, 1.807) is 6.20 Å². The van der Waals surface area contributed by atoms with E-state index in [1.807, 2.05) is 24.3 Å². The average molecular weight is 334 g/mol. The molecule has 2 heterocycles. The van der Waals surface area contributed by atoms with Crippen molar-refractivity contribution in [3.05, 3.63) is 41.4 Å². The number of carbonyl (C=O) groups excluding carboxylic acids is 1. The van der Waals surface area contributed by atoms with Crippen molar-refractivity contribution in [1.29, 1.82) is 0 Å². The van der Waals surface area contributed by atoms with Gasteiger partial charge in [0.2, 0.25) is 5.91 Å². The van der Waals surface area contributed by atoms with E-state index in [2.05, 4.69) is 15.6 Å². The van der Waals surface area contributed by atoms with E-state index < -0.39 is 0 Å². The normalized spacial score (nSPS) is 17.3. The van der Waals surface area contributed by atoms with E-state index >= 15 is 0 Å². The van der Waals surface area contributed by atoms with Crippen molar-refractivity contribution in [2.75, 3.05) is 13.1 Å². The molecule has 5 nitrogen and oxygen atoms in total. The fourth-order valence-corrected chi connectivity index (χ4v) is 2.78. The molecule has 0 spiro atoms. The minimum atomic E-state index is 0.0324. The number of amides is 1. The summed E-state index contributed by atoms with van der Waals surface area (Å²) in [4.78, 5) is 16.1. The van der Waals surface area contributed by atoms with Crippen LogP contribution in [0.2, 0.25) is 5.02 Å². The molecule has 0 bridgehead atoms. The van der Waals surface area contributed by atoms with Crippen molar-refractivity contribution in [3.8, 4) is 11.3 Å². The Bertz CT molecular complexity index is 648. The Hall–Kier alpha value is -1.85. The molecule has 6 heteroatoms. The average Bonchev–Trinajstić information content (AvgIpc) is 3.23. The second-order valence-electron chi connectivity index (χ2n) is 5.72. The predicted molar refractivity (Wildman–Crippen MR) is 89.3 cm³/mol. The third-order valence-corrected chi connectivity index (χ3v) is 4.21. The number of rotatable bonds is 6. The Labute approximate surface area is 140 Å². The maximum atomic E-state index is 11.9. The molecule has 0 radical (unpaired) electrons. The van der Waals surface area contributed by atoms with Gasteiger partial charge in [0.1, 0.15) is 0 Å². The number of nitrogens with one attached hydrogen (secondary N) is 2. The second kappa shape index (κ2) is 7.62. The highest BCUT2D eigenvalue weighted by Crippen LogP contribution is 2.22. The lowest BCUT2D eigenvalue weighted by Crippen LogP contribution is -2.37. The summed E-state index contributed by atoms with van der Waals surface area (Å²) in [6.07, 6.45) is 4.87. The number of benzene rings is 1. The van der Waals surface area contributed by atoms with Crippen LogP contribution >= 0.6 is 11.6 Å². The van der Waals surface area contributed by atoms with Gasteiger partial charge in [0.05, 0.1) is 6.20 Å². The zero-order chi connectivity index (χ0) is 16.1. The monoisotopic (exact) mass is 333 g/mol. The Balaban J connectivity index is 1.47. The third-order valence-electron chi connectivity index (χ3n) is 3.96. The Kier molecular flexibility index (Phi) is 5.31. The molecule has 3 rings (SSSR count). The molecule has 1 unspecified atom stereocenters. The summed E-state index contributed by atoms with van der Waals surface area (Å²) >= 11 is 5.87. The smallest absolute Gasteiger partial charge is 0.220 e. The summed E-state index contributed by atoms with van der Waals surface area (Å²) in [5.41, 5.74) is 0.921. The highest BCUT2D eigenvalue weighted by atomic mass is 35.5. The first kappa shape index (κ1) is 16.0. The van der Waals surface area contributed by atoms with Crippen molar-refractivity contribution >= 4 is 17.5 Å². The van der Waals surface area contributed by atoms with E-state index in [9.17, 15) is 4.79 Å². The third kappa shape index (κ3) is 4.56. The zero-order valence-corrected chi connectivity index (χ0v) is 13.6. The molecule has 122 valence electrons. The van der Waals surface area contributed by atoms with Crippen molar-refractivity contribution in [2.24, 2.45) is 0 Å². The lowest BCUT2D eigenvalue weighted by Gasteiger charge is -2.10. The molecule has 1 aromatic carbocycles. The van der Waals surface area contributed by atoms with Crippen LogP contribution in [0.4, 0.5) is 0 Å². The Morgan fingerprint density at radius 1 is 1.39 bits per heavy atom. The van der Waals surface area contributed by atoms with Crippen LogP contribution in [0.15, 0.2) is 34.9 Å². The van der Waals surface area contributed by atoms with E-state index in [0.29, 0.717) is 42.1 Å². The van der Waals surface area contributed by atoms with Crippen LogP contribution in [0, 0.1) is 0 Å². The fourth-order valence-electron chi connectivity index (χ4n) is 2.65. The topological polar surface area (TPSA) is 67.2 Å². The quantitative estimate of drug-likeness (QED) is 0.853. The molecular formula is C17H20ClN3O2. The molecule has 23 heavy (non-hydrogen) atoms. The maximum absolute atomic E-state index is 11.9. The molecule has 1 atom stereocenters. The van der Waals surface area contributed by atoms with Crippen molar-refractivity contribution in [1.82, 2.24) is 15.6 Å². The van der Waals surface area contributed by atoms with E-state index in [1.165, 1.54) is 6.42 Å². The van der Waals surface area contributed by atoms with Gasteiger partial charge in [-0.05, 0) is 43.7 Å². The molecule has 0 saturated carbocycles. The number of halogens is 1. The SMILES string of the molecule is O=C(CCc1ncc(-c2ccc(Cl)cc2)o1)NCC1CCCN1. The number of hydrogen-bond donors (Lipinski definition) is 2. The molecule has 1 aromatic heterocycles. The Morgan fingerprint density at radius 2 is 2.22 bits per heavy atom. The van der Waals surface area contributed by atoms with Gasteiger partial charge in [0.15, 0.2) is 11.7 Å². The summed E-state index contributed by atoms with van der Waals surface area (Å²) in [6, 6.07) is 7.80. The highest BCUT2D eigenvalue weighted by molar-refractivity contribution is 6.30. The maximum Gasteiger partial charge on any atom is 0.220 e. The molecule has 1 aliphatic rings. The Morgan fingerprint density at radius 3 is 2.96 bits per heavy atom. The summed E-state index contributed by atoms with van der Waals surface area (Å²) in [6.45, 7) is 1.74. The first-order chi connectivity index (χ1) is 11.2. The van der Waals surface area contributed by atoms with Crippen LogP contribution in [0.3, 0.4) is 0 Å². The van der Waals surface area contributed by atoms with Gasteiger partial charge >= 0.3 is 0 Å². The van der Waals surface area contributed by atoms with Gasteiger partial charge < -0.3 is 15.1 Å². The molecular weight excluding hydrogens is 314 g/mol. The molecule has 1 saturated heterocycles. The van der Waals surface area contributed by atoms with Gasteiger partial charge in [0.25, 0.3) is 0 Å². The highest BCUT2D eigenvalue weighted by Gasteiger charge is 2.15. The molecule has 1 aliphatic heterocycles. The first-order valence-corrected chi connectivity index (χ1v) is 8.29. The van der Waals surface area contributed by atoms with Crippen LogP contribution < -0.4 is 10.6 Å². The number of aryl methyl sites for hydroxylation is 1. The number of hydrogen-bond acceptors (Lipinski definition) is 4. The summed E-state index contributed by atoms with van der Waals surface area (Å²) in [7, 11) is 0. The molecule has 0 aliphatic carbocycles. The van der Waals surface area contributed by atoms with Crippen LogP contribution in [-0.4, -0.2) is 30.0 Å². The van der Waals surface area contributed by atoms with Crippen LogP contribution in [-0.2, 0) is 11.2 Å². The van der Waals surface area contributed by atoms with E-state index in [4.69, 9.17) is 16.0 Å². The minimum absolute atomic E-state index is 0.0324. The molecule has 2 N–H and O–H groups in total. The van der Waals surface area contributed by atoms with Gasteiger partial charge in [-0.15, -0.1) is 0 Å². The van der Waals surface area contributed by atoms with Crippen LogP contribution in [0.5, 0.6) is 0 Å². The first-order valence-electron chi connectivity index (χ1n) is 7.91. The predicted octanol–water partition coefficient (Wildman–Crippen LogP) is 2.80. The molecule has 1 fully saturated rings. The minimum Gasteiger partial charge on any atom is -0.441 e.